The van der Waals surface area contributed by atoms with Crippen molar-refractivity contribution in [2.75, 3.05) is 25.0 Å². The molecule has 0 aliphatic rings. The van der Waals surface area contributed by atoms with Crippen molar-refractivity contribution >= 4 is 11.6 Å². The molecule has 0 spiro atoms. The number of hydrogen-bond acceptors (Lipinski definition) is 3. The molecule has 0 aliphatic carbocycles. The molecule has 0 radical (unpaired) electrons. The fourth-order valence-electron chi connectivity index (χ4n) is 2.03. The Morgan fingerprint density at radius 1 is 1.35 bits per heavy atom. The van der Waals surface area contributed by atoms with Crippen LogP contribution in [0.4, 0.5) is 14.5 Å². The van der Waals surface area contributed by atoms with Crippen LogP contribution in [0.2, 0.25) is 0 Å². The van der Waals surface area contributed by atoms with Crippen molar-refractivity contribution in [2.45, 2.75) is 26.3 Å². The molecule has 20 heavy (non-hydrogen) atoms. The largest absolute Gasteiger partial charge is 0.368 e. The van der Waals surface area contributed by atoms with Crippen LogP contribution in [0.15, 0.2) is 12.1 Å². The van der Waals surface area contributed by atoms with Crippen LogP contribution < -0.4 is 16.0 Å². The third-order valence-corrected chi connectivity index (χ3v) is 2.90. The molecule has 0 bridgehead atoms. The van der Waals surface area contributed by atoms with E-state index in [1.54, 1.807) is 7.05 Å². The normalized spacial score (nSPS) is 10.6. The van der Waals surface area contributed by atoms with E-state index in [1.165, 1.54) is 17.0 Å². The molecule has 4 nitrogen and oxygen atoms in total. The zero-order valence-electron chi connectivity index (χ0n) is 11.9. The Morgan fingerprint density at radius 3 is 2.40 bits per heavy atom. The smallest absolute Gasteiger partial charge is 0.236 e. The number of benzene rings is 1. The van der Waals surface area contributed by atoms with Gasteiger partial charge in [-0.1, -0.05) is 13.3 Å². The molecular formula is C14H21F2N3O. The predicted octanol–water partition coefficient (Wildman–Crippen LogP) is 1.78. The summed E-state index contributed by atoms with van der Waals surface area (Å²) in [4.78, 5) is 12.4. The van der Waals surface area contributed by atoms with Gasteiger partial charge in [-0.25, -0.2) is 8.78 Å². The van der Waals surface area contributed by atoms with Crippen molar-refractivity contribution in [2.24, 2.45) is 5.73 Å². The van der Waals surface area contributed by atoms with Crippen molar-refractivity contribution in [1.29, 1.82) is 0 Å². The molecule has 3 N–H and O–H groups in total. The van der Waals surface area contributed by atoms with Crippen molar-refractivity contribution < 1.29 is 13.6 Å². The molecule has 0 saturated carbocycles. The molecule has 0 saturated heterocycles. The predicted molar refractivity (Wildman–Crippen MR) is 75.4 cm³/mol. The summed E-state index contributed by atoms with van der Waals surface area (Å²) in [6.07, 6.45) is 1.58. The average molecular weight is 285 g/mol. The molecule has 0 fully saturated rings. The molecule has 1 aromatic carbocycles. The van der Waals surface area contributed by atoms with Crippen molar-refractivity contribution in [3.63, 3.8) is 0 Å². The summed E-state index contributed by atoms with van der Waals surface area (Å²) in [7, 11) is 1.70. The summed E-state index contributed by atoms with van der Waals surface area (Å²) in [5.41, 5.74) is 5.48. The van der Waals surface area contributed by atoms with Gasteiger partial charge in [0.1, 0.15) is 17.3 Å². The van der Waals surface area contributed by atoms with Gasteiger partial charge in [0.25, 0.3) is 0 Å². The minimum atomic E-state index is -0.674. The summed E-state index contributed by atoms with van der Waals surface area (Å²) >= 11 is 0. The molecule has 0 aromatic heterocycles. The second kappa shape index (κ2) is 7.79. The number of hydrogen-bond donors (Lipinski definition) is 2. The molecule has 1 aromatic rings. The quantitative estimate of drug-likeness (QED) is 0.765. The van der Waals surface area contributed by atoms with Gasteiger partial charge in [0.05, 0.1) is 6.54 Å². The van der Waals surface area contributed by atoms with Crippen LogP contribution >= 0.6 is 0 Å². The first-order valence-corrected chi connectivity index (χ1v) is 6.65. The van der Waals surface area contributed by atoms with Gasteiger partial charge in [-0.3, -0.25) is 4.79 Å². The number of anilines is 1. The fraction of sp³-hybridized carbons (Fsp3) is 0.500. The van der Waals surface area contributed by atoms with Crippen LogP contribution in [0.3, 0.4) is 0 Å². The summed E-state index contributed by atoms with van der Waals surface area (Å²) < 4.78 is 28.2. The number of unbranched alkanes of at least 4 members (excludes halogenated alkanes) is 1. The van der Waals surface area contributed by atoms with E-state index in [9.17, 15) is 13.6 Å². The van der Waals surface area contributed by atoms with E-state index >= 15 is 0 Å². The molecule has 6 heteroatoms. The van der Waals surface area contributed by atoms with E-state index in [4.69, 9.17) is 5.73 Å². The van der Waals surface area contributed by atoms with Gasteiger partial charge < -0.3 is 16.0 Å². The van der Waals surface area contributed by atoms with Gasteiger partial charge in [0.2, 0.25) is 5.91 Å². The highest BCUT2D eigenvalue weighted by atomic mass is 19.1. The minimum absolute atomic E-state index is 0.183. The molecule has 0 aliphatic heterocycles. The third kappa shape index (κ3) is 4.45. The van der Waals surface area contributed by atoms with Crippen LogP contribution in [0.25, 0.3) is 0 Å². The van der Waals surface area contributed by atoms with E-state index in [2.05, 4.69) is 5.32 Å². The van der Waals surface area contributed by atoms with E-state index in [1.807, 2.05) is 6.92 Å². The molecule has 1 rings (SSSR count). The molecular weight excluding hydrogens is 264 g/mol. The average Bonchev–Trinajstić information content (AvgIpc) is 2.34. The molecule has 0 atom stereocenters. The Hall–Kier alpha value is -1.69. The van der Waals surface area contributed by atoms with Crippen LogP contribution in [0.1, 0.15) is 25.3 Å². The lowest BCUT2D eigenvalue weighted by Gasteiger charge is -2.24. The fourth-order valence-corrected chi connectivity index (χ4v) is 2.03. The highest BCUT2D eigenvalue weighted by Crippen LogP contribution is 2.25. The van der Waals surface area contributed by atoms with Gasteiger partial charge in [0, 0.05) is 13.1 Å². The number of nitrogens with zero attached hydrogens (tertiary/aromatic N) is 1. The Labute approximate surface area is 117 Å². The van der Waals surface area contributed by atoms with E-state index in [0.29, 0.717) is 18.7 Å². The maximum absolute atomic E-state index is 14.1. The Morgan fingerprint density at radius 2 is 1.95 bits per heavy atom. The number of rotatable bonds is 8. The molecule has 112 valence electrons. The van der Waals surface area contributed by atoms with Gasteiger partial charge >= 0.3 is 0 Å². The summed E-state index contributed by atoms with van der Waals surface area (Å²) in [5, 5.41) is 2.83. The number of nitrogens with two attached hydrogens (primary N) is 1. The standard InChI is InChI=1S/C14H21F2N3O/c1-3-4-5-19(9-13(17)20)14-11(15)6-10(8-18-2)7-12(14)16/h6-7,18H,3-5,8-9H2,1-2H3,(H2,17,20). The summed E-state index contributed by atoms with van der Waals surface area (Å²) in [5.74, 6) is -1.96. The Kier molecular flexibility index (Phi) is 6.38. The second-order valence-corrected chi connectivity index (χ2v) is 4.68. The maximum atomic E-state index is 14.1. The lowest BCUT2D eigenvalue weighted by atomic mass is 10.1. The number of primary amides is 1. The number of halogens is 2. The molecule has 0 unspecified atom stereocenters. The minimum Gasteiger partial charge on any atom is -0.368 e. The maximum Gasteiger partial charge on any atom is 0.236 e. The zero-order chi connectivity index (χ0) is 15.1. The highest BCUT2D eigenvalue weighted by Gasteiger charge is 2.19. The highest BCUT2D eigenvalue weighted by molar-refractivity contribution is 5.79. The number of amides is 1. The van der Waals surface area contributed by atoms with Crippen LogP contribution in [0.5, 0.6) is 0 Å². The zero-order valence-corrected chi connectivity index (χ0v) is 11.9. The van der Waals surface area contributed by atoms with Gasteiger partial charge in [-0.05, 0) is 31.2 Å². The van der Waals surface area contributed by atoms with Crippen LogP contribution in [-0.4, -0.2) is 26.0 Å². The first kappa shape index (κ1) is 16.4. The SMILES string of the molecule is CCCCN(CC(N)=O)c1c(F)cc(CNC)cc1F. The van der Waals surface area contributed by atoms with Gasteiger partial charge in [0.15, 0.2) is 0 Å². The summed E-state index contributed by atoms with van der Waals surface area (Å²) in [6.45, 7) is 2.53. The van der Waals surface area contributed by atoms with Crippen molar-refractivity contribution in [1.82, 2.24) is 5.32 Å². The first-order valence-electron chi connectivity index (χ1n) is 6.65. The first-order chi connectivity index (χ1) is 9.49. The van der Waals surface area contributed by atoms with Crippen LogP contribution in [-0.2, 0) is 11.3 Å². The Balaban J connectivity index is 3.08. The monoisotopic (exact) mass is 285 g/mol. The van der Waals surface area contributed by atoms with E-state index in [0.717, 1.165) is 12.8 Å². The number of carbonyl (C=O) groups is 1. The third-order valence-electron chi connectivity index (χ3n) is 2.90. The van der Waals surface area contributed by atoms with Gasteiger partial charge in [-0.15, -0.1) is 0 Å². The number of carbonyl (C=O) groups excluding carboxylic acids is 1. The van der Waals surface area contributed by atoms with Crippen molar-refractivity contribution in [3.05, 3.63) is 29.3 Å². The summed E-state index contributed by atoms with van der Waals surface area (Å²) in [6, 6.07) is 2.55. The Bertz CT molecular complexity index is 443. The van der Waals surface area contributed by atoms with E-state index in [-0.39, 0.29) is 12.2 Å². The topological polar surface area (TPSA) is 58.4 Å². The van der Waals surface area contributed by atoms with Gasteiger partial charge in [-0.2, -0.15) is 0 Å². The number of nitrogens with one attached hydrogen (secondary N) is 1. The molecule has 1 amide bonds. The van der Waals surface area contributed by atoms with Crippen LogP contribution in [0, 0.1) is 11.6 Å². The second-order valence-electron chi connectivity index (χ2n) is 4.68. The van der Waals surface area contributed by atoms with Crippen molar-refractivity contribution in [3.8, 4) is 0 Å². The van der Waals surface area contributed by atoms with E-state index < -0.39 is 17.5 Å². The lowest BCUT2D eigenvalue weighted by molar-refractivity contribution is -0.116. The lowest BCUT2D eigenvalue weighted by Crippen LogP contribution is -2.35. The molecule has 0 heterocycles.